The van der Waals surface area contributed by atoms with Crippen molar-refractivity contribution in [3.05, 3.63) is 0 Å². The third-order valence-corrected chi connectivity index (χ3v) is 3.73. The Balaban J connectivity index is 2.04. The summed E-state index contributed by atoms with van der Waals surface area (Å²) in [5.74, 6) is 1.04. The molecule has 1 N–H and O–H groups in total. The largest absolute Gasteiger partial charge is 0.314 e. The molecule has 0 amide bonds. The first-order valence-corrected chi connectivity index (χ1v) is 7.10. The molecule has 0 atom stereocenters. The van der Waals surface area contributed by atoms with E-state index in [-0.39, 0.29) is 0 Å². The van der Waals surface area contributed by atoms with E-state index in [0.717, 1.165) is 12.0 Å². The number of hydrogen-bond acceptors (Lipinski definition) is 1. The van der Waals surface area contributed by atoms with Crippen LogP contribution in [0.2, 0.25) is 0 Å². The average molecular weight is 211 g/mol. The van der Waals surface area contributed by atoms with E-state index in [2.05, 4.69) is 19.2 Å². The quantitative estimate of drug-likeness (QED) is 0.636. The Hall–Kier alpha value is -0.0400. The lowest BCUT2D eigenvalue weighted by Gasteiger charge is -2.18. The van der Waals surface area contributed by atoms with E-state index in [1.165, 1.54) is 64.3 Å². The summed E-state index contributed by atoms with van der Waals surface area (Å²) in [6, 6.07) is 0.793. The van der Waals surface area contributed by atoms with Crippen LogP contribution in [-0.4, -0.2) is 12.6 Å². The summed E-state index contributed by atoms with van der Waals surface area (Å²) in [7, 11) is 0. The molecule has 1 rings (SSSR count). The molecular weight excluding hydrogens is 182 g/mol. The van der Waals surface area contributed by atoms with Crippen molar-refractivity contribution in [3.63, 3.8) is 0 Å². The SMILES string of the molecule is CCCC(CCC)NCCC1CCCC1. The lowest BCUT2D eigenvalue weighted by molar-refractivity contribution is 0.405. The molecule has 0 aromatic heterocycles. The summed E-state index contributed by atoms with van der Waals surface area (Å²) < 4.78 is 0. The van der Waals surface area contributed by atoms with Crippen molar-refractivity contribution in [1.29, 1.82) is 0 Å². The predicted octanol–water partition coefficient (Wildman–Crippen LogP) is 4.13. The fourth-order valence-corrected chi connectivity index (χ4v) is 2.84. The lowest BCUT2D eigenvalue weighted by Crippen LogP contribution is -2.30. The molecule has 0 aliphatic heterocycles. The molecule has 0 unspecified atom stereocenters. The highest BCUT2D eigenvalue weighted by molar-refractivity contribution is 4.71. The maximum absolute atomic E-state index is 3.75. The van der Waals surface area contributed by atoms with Crippen molar-refractivity contribution < 1.29 is 0 Å². The van der Waals surface area contributed by atoms with E-state index in [1.54, 1.807) is 0 Å². The van der Waals surface area contributed by atoms with Gasteiger partial charge in [0.1, 0.15) is 0 Å². The second-order valence-electron chi connectivity index (χ2n) is 5.17. The minimum absolute atomic E-state index is 0.793. The summed E-state index contributed by atoms with van der Waals surface area (Å²) >= 11 is 0. The summed E-state index contributed by atoms with van der Waals surface area (Å²) in [4.78, 5) is 0. The van der Waals surface area contributed by atoms with Gasteiger partial charge in [-0.1, -0.05) is 52.4 Å². The fourth-order valence-electron chi connectivity index (χ4n) is 2.84. The molecular formula is C14H29N. The van der Waals surface area contributed by atoms with Crippen molar-refractivity contribution in [2.24, 2.45) is 5.92 Å². The summed E-state index contributed by atoms with van der Waals surface area (Å²) in [5, 5.41) is 3.75. The van der Waals surface area contributed by atoms with Crippen LogP contribution in [-0.2, 0) is 0 Å². The standard InChI is InChI=1S/C14H29N/c1-3-7-14(8-4-2)15-12-11-13-9-5-6-10-13/h13-15H,3-12H2,1-2H3. The molecule has 0 spiro atoms. The Morgan fingerprint density at radius 3 is 2.20 bits per heavy atom. The van der Waals surface area contributed by atoms with Crippen LogP contribution in [0.5, 0.6) is 0 Å². The second kappa shape index (κ2) is 8.15. The van der Waals surface area contributed by atoms with Gasteiger partial charge in [0.15, 0.2) is 0 Å². The second-order valence-corrected chi connectivity index (χ2v) is 5.17. The van der Waals surface area contributed by atoms with Crippen molar-refractivity contribution in [2.75, 3.05) is 6.54 Å². The predicted molar refractivity (Wildman–Crippen MR) is 68.2 cm³/mol. The highest BCUT2D eigenvalue weighted by Gasteiger charge is 2.14. The van der Waals surface area contributed by atoms with Crippen molar-refractivity contribution >= 4 is 0 Å². The van der Waals surface area contributed by atoms with E-state index >= 15 is 0 Å². The maximum atomic E-state index is 3.75. The molecule has 1 saturated carbocycles. The van der Waals surface area contributed by atoms with E-state index in [0.29, 0.717) is 0 Å². The third-order valence-electron chi connectivity index (χ3n) is 3.73. The van der Waals surface area contributed by atoms with E-state index < -0.39 is 0 Å². The van der Waals surface area contributed by atoms with Gasteiger partial charge in [0, 0.05) is 6.04 Å². The maximum Gasteiger partial charge on any atom is 0.00668 e. The Morgan fingerprint density at radius 2 is 1.67 bits per heavy atom. The normalized spacial score (nSPS) is 17.8. The molecule has 1 aliphatic carbocycles. The molecule has 0 aromatic rings. The molecule has 1 fully saturated rings. The van der Waals surface area contributed by atoms with Gasteiger partial charge in [0.25, 0.3) is 0 Å². The van der Waals surface area contributed by atoms with Crippen LogP contribution in [0, 0.1) is 5.92 Å². The topological polar surface area (TPSA) is 12.0 Å². The van der Waals surface area contributed by atoms with Gasteiger partial charge in [0.05, 0.1) is 0 Å². The van der Waals surface area contributed by atoms with E-state index in [9.17, 15) is 0 Å². The Kier molecular flexibility index (Phi) is 7.08. The van der Waals surface area contributed by atoms with Gasteiger partial charge in [-0.2, -0.15) is 0 Å². The molecule has 0 heterocycles. The molecule has 90 valence electrons. The summed E-state index contributed by atoms with van der Waals surface area (Å²) in [6.45, 7) is 5.85. The Bertz CT molecular complexity index is 132. The van der Waals surface area contributed by atoms with Crippen LogP contribution >= 0.6 is 0 Å². The van der Waals surface area contributed by atoms with E-state index in [1.807, 2.05) is 0 Å². The van der Waals surface area contributed by atoms with Crippen LogP contribution in [0.25, 0.3) is 0 Å². The number of nitrogens with one attached hydrogen (secondary N) is 1. The summed E-state index contributed by atoms with van der Waals surface area (Å²) in [6.07, 6.45) is 12.7. The molecule has 0 saturated heterocycles. The van der Waals surface area contributed by atoms with Gasteiger partial charge in [-0.05, 0) is 31.7 Å². The van der Waals surface area contributed by atoms with Crippen molar-refractivity contribution in [1.82, 2.24) is 5.32 Å². The average Bonchev–Trinajstić information content (AvgIpc) is 2.71. The molecule has 0 radical (unpaired) electrons. The molecule has 1 heteroatoms. The first kappa shape index (κ1) is 13.0. The number of rotatable bonds is 8. The van der Waals surface area contributed by atoms with Crippen molar-refractivity contribution in [3.8, 4) is 0 Å². The molecule has 15 heavy (non-hydrogen) atoms. The zero-order valence-electron chi connectivity index (χ0n) is 10.7. The molecule has 1 aliphatic rings. The van der Waals surface area contributed by atoms with Gasteiger partial charge in [-0.3, -0.25) is 0 Å². The number of hydrogen-bond donors (Lipinski definition) is 1. The minimum Gasteiger partial charge on any atom is -0.314 e. The van der Waals surface area contributed by atoms with Crippen molar-refractivity contribution in [2.45, 2.75) is 77.7 Å². The van der Waals surface area contributed by atoms with Crippen LogP contribution in [0.15, 0.2) is 0 Å². The third kappa shape index (κ3) is 5.55. The highest BCUT2D eigenvalue weighted by Crippen LogP contribution is 2.27. The monoisotopic (exact) mass is 211 g/mol. The molecule has 0 aromatic carbocycles. The molecule has 1 nitrogen and oxygen atoms in total. The van der Waals surface area contributed by atoms with Crippen LogP contribution in [0.3, 0.4) is 0 Å². The minimum atomic E-state index is 0.793. The van der Waals surface area contributed by atoms with Gasteiger partial charge in [-0.25, -0.2) is 0 Å². The van der Waals surface area contributed by atoms with Gasteiger partial charge < -0.3 is 5.32 Å². The van der Waals surface area contributed by atoms with Gasteiger partial charge >= 0.3 is 0 Å². The lowest BCUT2D eigenvalue weighted by atomic mass is 10.0. The fraction of sp³-hybridized carbons (Fsp3) is 1.00. The van der Waals surface area contributed by atoms with Crippen LogP contribution in [0.1, 0.15) is 71.6 Å². The zero-order valence-corrected chi connectivity index (χ0v) is 10.7. The van der Waals surface area contributed by atoms with E-state index in [4.69, 9.17) is 0 Å². The van der Waals surface area contributed by atoms with Gasteiger partial charge in [0.2, 0.25) is 0 Å². The van der Waals surface area contributed by atoms with Crippen LogP contribution in [0.4, 0.5) is 0 Å². The summed E-state index contributed by atoms with van der Waals surface area (Å²) in [5.41, 5.74) is 0. The molecule has 0 bridgehead atoms. The smallest absolute Gasteiger partial charge is 0.00668 e. The van der Waals surface area contributed by atoms with Crippen LogP contribution < -0.4 is 5.32 Å². The Morgan fingerprint density at radius 1 is 1.07 bits per heavy atom. The highest BCUT2D eigenvalue weighted by atomic mass is 14.9. The Labute approximate surface area is 96.0 Å². The first-order valence-electron chi connectivity index (χ1n) is 7.10. The van der Waals surface area contributed by atoms with Gasteiger partial charge in [-0.15, -0.1) is 0 Å². The zero-order chi connectivity index (χ0) is 10.9. The first-order chi connectivity index (χ1) is 7.36.